The zero-order valence-electron chi connectivity index (χ0n) is 12.2. The number of aromatic nitrogens is 1. The Hall–Kier alpha value is -2.37. The summed E-state index contributed by atoms with van der Waals surface area (Å²) in [6, 6.07) is 8.19. The van der Waals surface area contributed by atoms with Crippen molar-refractivity contribution >= 4 is 5.91 Å². The Kier molecular flexibility index (Phi) is 4.49. The highest BCUT2D eigenvalue weighted by atomic mass is 19.4. The highest BCUT2D eigenvalue weighted by molar-refractivity contribution is 5.93. The Morgan fingerprint density at radius 2 is 1.77 bits per heavy atom. The maximum absolute atomic E-state index is 12.5. The third kappa shape index (κ3) is 3.84. The predicted octanol–water partition coefficient (Wildman–Crippen LogP) is 3.68. The van der Waals surface area contributed by atoms with Crippen LogP contribution in [0, 0.1) is 6.92 Å². The number of amides is 1. The summed E-state index contributed by atoms with van der Waals surface area (Å²) in [7, 11) is 1.60. The number of pyridine rings is 1. The van der Waals surface area contributed by atoms with Gasteiger partial charge in [-0.15, -0.1) is 0 Å². The molecule has 2 rings (SSSR count). The Morgan fingerprint density at radius 3 is 2.27 bits per heavy atom. The monoisotopic (exact) mass is 308 g/mol. The second kappa shape index (κ2) is 6.17. The molecule has 3 nitrogen and oxygen atoms in total. The van der Waals surface area contributed by atoms with Crippen molar-refractivity contribution in [3.05, 3.63) is 65.0 Å². The molecule has 0 aliphatic heterocycles. The first-order valence-corrected chi connectivity index (χ1v) is 6.61. The fourth-order valence-electron chi connectivity index (χ4n) is 1.96. The van der Waals surface area contributed by atoms with Crippen LogP contribution in [-0.4, -0.2) is 22.8 Å². The van der Waals surface area contributed by atoms with Gasteiger partial charge in [0.1, 0.15) is 0 Å². The smallest absolute Gasteiger partial charge is 0.337 e. The van der Waals surface area contributed by atoms with Gasteiger partial charge in [-0.05, 0) is 36.8 Å². The van der Waals surface area contributed by atoms with Crippen molar-refractivity contribution in [3.63, 3.8) is 0 Å². The Labute approximate surface area is 126 Å². The van der Waals surface area contributed by atoms with Gasteiger partial charge in [0.05, 0.1) is 11.1 Å². The number of carbonyl (C=O) groups is 1. The number of halogens is 3. The number of benzene rings is 1. The number of hydrogen-bond acceptors (Lipinski definition) is 2. The SMILES string of the molecule is Cc1ccc(C(=O)N(C)Cc2ccc(C(F)(F)F)cc2)cn1. The first kappa shape index (κ1) is 16.0. The van der Waals surface area contributed by atoms with Gasteiger partial charge in [0.25, 0.3) is 5.91 Å². The first-order valence-electron chi connectivity index (χ1n) is 6.61. The molecule has 0 saturated heterocycles. The summed E-state index contributed by atoms with van der Waals surface area (Å²) in [5.74, 6) is -0.229. The second-order valence-electron chi connectivity index (χ2n) is 5.04. The molecule has 1 aromatic carbocycles. The van der Waals surface area contributed by atoms with Crippen molar-refractivity contribution in [1.29, 1.82) is 0 Å². The van der Waals surface area contributed by atoms with Gasteiger partial charge in [0, 0.05) is 25.5 Å². The molecule has 0 atom stereocenters. The van der Waals surface area contributed by atoms with Crippen LogP contribution in [0.3, 0.4) is 0 Å². The molecule has 22 heavy (non-hydrogen) atoms. The molecule has 0 bridgehead atoms. The number of aryl methyl sites for hydroxylation is 1. The Bertz CT molecular complexity index is 649. The van der Waals surface area contributed by atoms with Crippen LogP contribution in [-0.2, 0) is 12.7 Å². The van der Waals surface area contributed by atoms with Crippen LogP contribution in [0.4, 0.5) is 13.2 Å². The van der Waals surface area contributed by atoms with E-state index in [1.165, 1.54) is 23.2 Å². The summed E-state index contributed by atoms with van der Waals surface area (Å²) in [4.78, 5) is 17.7. The number of nitrogens with zero attached hydrogens (tertiary/aromatic N) is 2. The molecule has 0 saturated carbocycles. The molecule has 1 aromatic heterocycles. The van der Waals surface area contributed by atoms with E-state index in [2.05, 4.69) is 4.98 Å². The fraction of sp³-hybridized carbons (Fsp3) is 0.250. The minimum atomic E-state index is -4.35. The molecule has 0 aliphatic rings. The molecule has 2 aromatic rings. The number of hydrogen-bond donors (Lipinski definition) is 0. The second-order valence-corrected chi connectivity index (χ2v) is 5.04. The quantitative estimate of drug-likeness (QED) is 0.866. The molecule has 0 aliphatic carbocycles. The molecule has 1 amide bonds. The van der Waals surface area contributed by atoms with Gasteiger partial charge in [-0.2, -0.15) is 13.2 Å². The topological polar surface area (TPSA) is 33.2 Å². The summed E-state index contributed by atoms with van der Waals surface area (Å²) in [6.07, 6.45) is -2.87. The molecule has 6 heteroatoms. The summed E-state index contributed by atoms with van der Waals surface area (Å²) in [6.45, 7) is 2.05. The zero-order valence-corrected chi connectivity index (χ0v) is 12.2. The minimum Gasteiger partial charge on any atom is -0.337 e. The molecule has 1 heterocycles. The van der Waals surface area contributed by atoms with E-state index >= 15 is 0 Å². The molecule has 0 unspecified atom stereocenters. The van der Waals surface area contributed by atoms with Gasteiger partial charge in [0.2, 0.25) is 0 Å². The largest absolute Gasteiger partial charge is 0.416 e. The van der Waals surface area contributed by atoms with Crippen LogP contribution in [0.2, 0.25) is 0 Å². The third-order valence-electron chi connectivity index (χ3n) is 3.21. The molecular weight excluding hydrogens is 293 g/mol. The maximum atomic E-state index is 12.5. The fourth-order valence-corrected chi connectivity index (χ4v) is 1.96. The average Bonchev–Trinajstić information content (AvgIpc) is 2.47. The standard InChI is InChI=1S/C16H15F3N2O/c1-11-3-6-13(9-20-11)15(22)21(2)10-12-4-7-14(8-5-12)16(17,18)19/h3-9H,10H2,1-2H3. The van der Waals surface area contributed by atoms with E-state index < -0.39 is 11.7 Å². The van der Waals surface area contributed by atoms with Crippen LogP contribution in [0.5, 0.6) is 0 Å². The van der Waals surface area contributed by atoms with Crippen LogP contribution in [0.15, 0.2) is 42.6 Å². The lowest BCUT2D eigenvalue weighted by Gasteiger charge is -2.17. The van der Waals surface area contributed by atoms with Gasteiger partial charge < -0.3 is 4.90 Å². The molecule has 0 N–H and O–H groups in total. The third-order valence-corrected chi connectivity index (χ3v) is 3.21. The molecule has 0 spiro atoms. The predicted molar refractivity (Wildman–Crippen MR) is 76.2 cm³/mol. The van der Waals surface area contributed by atoms with Gasteiger partial charge in [0.15, 0.2) is 0 Å². The summed E-state index contributed by atoms with van der Waals surface area (Å²) in [5, 5.41) is 0. The van der Waals surface area contributed by atoms with Crippen LogP contribution >= 0.6 is 0 Å². The summed E-state index contributed by atoms with van der Waals surface area (Å²) in [5.41, 5.74) is 1.18. The summed E-state index contributed by atoms with van der Waals surface area (Å²) < 4.78 is 37.5. The van der Waals surface area contributed by atoms with Crippen LogP contribution in [0.1, 0.15) is 27.2 Å². The average molecular weight is 308 g/mol. The van der Waals surface area contributed by atoms with E-state index in [4.69, 9.17) is 0 Å². The number of rotatable bonds is 3. The minimum absolute atomic E-state index is 0.227. The maximum Gasteiger partial charge on any atom is 0.416 e. The molecule has 0 radical (unpaired) electrons. The zero-order chi connectivity index (χ0) is 16.3. The summed E-state index contributed by atoms with van der Waals surface area (Å²) >= 11 is 0. The first-order chi connectivity index (χ1) is 10.3. The van der Waals surface area contributed by atoms with Crippen molar-refractivity contribution in [1.82, 2.24) is 9.88 Å². The van der Waals surface area contributed by atoms with E-state index in [0.29, 0.717) is 11.1 Å². The highest BCUT2D eigenvalue weighted by Gasteiger charge is 2.29. The van der Waals surface area contributed by atoms with Crippen molar-refractivity contribution in [2.24, 2.45) is 0 Å². The van der Waals surface area contributed by atoms with Crippen LogP contribution < -0.4 is 0 Å². The molecule has 116 valence electrons. The number of alkyl halides is 3. The molecule has 0 fully saturated rings. The lowest BCUT2D eigenvalue weighted by Crippen LogP contribution is -2.26. The van der Waals surface area contributed by atoms with E-state index in [1.807, 2.05) is 6.92 Å². The Balaban J connectivity index is 2.06. The lowest BCUT2D eigenvalue weighted by atomic mass is 10.1. The van der Waals surface area contributed by atoms with Gasteiger partial charge >= 0.3 is 6.18 Å². The van der Waals surface area contributed by atoms with E-state index in [0.717, 1.165) is 17.8 Å². The van der Waals surface area contributed by atoms with Gasteiger partial charge in [-0.3, -0.25) is 9.78 Å². The van der Waals surface area contributed by atoms with Crippen molar-refractivity contribution in [3.8, 4) is 0 Å². The molecular formula is C16H15F3N2O. The lowest BCUT2D eigenvalue weighted by molar-refractivity contribution is -0.137. The van der Waals surface area contributed by atoms with Crippen LogP contribution in [0.25, 0.3) is 0 Å². The van der Waals surface area contributed by atoms with Crippen molar-refractivity contribution in [2.75, 3.05) is 7.05 Å². The number of carbonyl (C=O) groups excluding carboxylic acids is 1. The Morgan fingerprint density at radius 1 is 1.14 bits per heavy atom. The van der Waals surface area contributed by atoms with Gasteiger partial charge in [-0.1, -0.05) is 12.1 Å². The normalized spacial score (nSPS) is 11.3. The highest BCUT2D eigenvalue weighted by Crippen LogP contribution is 2.29. The van der Waals surface area contributed by atoms with E-state index in [1.54, 1.807) is 19.2 Å². The van der Waals surface area contributed by atoms with Crippen molar-refractivity contribution in [2.45, 2.75) is 19.6 Å². The van der Waals surface area contributed by atoms with E-state index in [9.17, 15) is 18.0 Å². The van der Waals surface area contributed by atoms with Gasteiger partial charge in [-0.25, -0.2) is 0 Å². The van der Waals surface area contributed by atoms with Crippen molar-refractivity contribution < 1.29 is 18.0 Å². The van der Waals surface area contributed by atoms with E-state index in [-0.39, 0.29) is 12.5 Å².